The highest BCUT2D eigenvalue weighted by molar-refractivity contribution is 5.97. The standard InChI is InChI=1S/C18H24N4O2.ClH/c23-17(20-13-7-9-19-10-8-13)12-5-6-16-15(11-12)21-18(24)22(16)14-3-1-2-4-14;/h5-6,11,13-14,19H,1-4,7-10H2,(H,20,23)(H,21,24);1H. The van der Waals surface area contributed by atoms with Crippen molar-refractivity contribution in [3.05, 3.63) is 34.2 Å². The Morgan fingerprint density at radius 2 is 1.84 bits per heavy atom. The van der Waals surface area contributed by atoms with Crippen LogP contribution in [0, 0.1) is 0 Å². The fourth-order valence-corrected chi connectivity index (χ4v) is 4.03. The number of piperidine rings is 1. The van der Waals surface area contributed by atoms with Crippen LogP contribution in [0.25, 0.3) is 11.0 Å². The molecule has 3 N–H and O–H groups in total. The Bertz CT molecular complexity index is 801. The van der Waals surface area contributed by atoms with Crippen LogP contribution >= 0.6 is 12.4 Å². The van der Waals surface area contributed by atoms with E-state index in [0.717, 1.165) is 49.8 Å². The van der Waals surface area contributed by atoms with E-state index >= 15 is 0 Å². The summed E-state index contributed by atoms with van der Waals surface area (Å²) in [6, 6.07) is 6.07. The van der Waals surface area contributed by atoms with Gasteiger partial charge < -0.3 is 15.6 Å². The summed E-state index contributed by atoms with van der Waals surface area (Å²) in [5.74, 6) is -0.0572. The molecule has 0 atom stereocenters. The van der Waals surface area contributed by atoms with E-state index in [1.54, 1.807) is 6.07 Å². The summed E-state index contributed by atoms with van der Waals surface area (Å²) >= 11 is 0. The van der Waals surface area contributed by atoms with Gasteiger partial charge in [0.2, 0.25) is 0 Å². The predicted molar refractivity (Wildman–Crippen MR) is 101 cm³/mol. The van der Waals surface area contributed by atoms with Crippen molar-refractivity contribution in [3.8, 4) is 0 Å². The average Bonchev–Trinajstić information content (AvgIpc) is 3.21. The molecule has 4 rings (SSSR count). The number of benzene rings is 1. The highest BCUT2D eigenvalue weighted by Crippen LogP contribution is 2.30. The Hall–Kier alpha value is -1.79. The van der Waals surface area contributed by atoms with Crippen LogP contribution in [0.3, 0.4) is 0 Å². The number of hydrogen-bond acceptors (Lipinski definition) is 3. The molecule has 1 amide bonds. The maximum Gasteiger partial charge on any atom is 0.326 e. The number of carbonyl (C=O) groups excluding carboxylic acids is 1. The Morgan fingerprint density at radius 1 is 1.12 bits per heavy atom. The Balaban J connectivity index is 0.00000182. The molecule has 2 fully saturated rings. The number of carbonyl (C=O) groups is 1. The topological polar surface area (TPSA) is 78.9 Å². The van der Waals surface area contributed by atoms with Gasteiger partial charge >= 0.3 is 5.69 Å². The van der Waals surface area contributed by atoms with Crippen molar-refractivity contribution in [2.45, 2.75) is 50.6 Å². The fourth-order valence-electron chi connectivity index (χ4n) is 4.03. The molecule has 0 bridgehead atoms. The van der Waals surface area contributed by atoms with Gasteiger partial charge in [-0.3, -0.25) is 9.36 Å². The Morgan fingerprint density at radius 3 is 2.56 bits per heavy atom. The van der Waals surface area contributed by atoms with E-state index in [2.05, 4.69) is 15.6 Å². The van der Waals surface area contributed by atoms with Gasteiger partial charge in [-0.2, -0.15) is 0 Å². The summed E-state index contributed by atoms with van der Waals surface area (Å²) in [4.78, 5) is 27.7. The number of H-pyrrole nitrogens is 1. The van der Waals surface area contributed by atoms with Crippen LogP contribution in [-0.4, -0.2) is 34.6 Å². The summed E-state index contributed by atoms with van der Waals surface area (Å²) in [5, 5.41) is 6.39. The van der Waals surface area contributed by atoms with E-state index in [1.165, 1.54) is 12.8 Å². The zero-order valence-corrected chi connectivity index (χ0v) is 15.0. The van der Waals surface area contributed by atoms with Gasteiger partial charge in [0.05, 0.1) is 11.0 Å². The molecular formula is C18H25ClN4O2. The number of halogens is 1. The van der Waals surface area contributed by atoms with Crippen molar-refractivity contribution in [1.29, 1.82) is 0 Å². The molecule has 25 heavy (non-hydrogen) atoms. The van der Waals surface area contributed by atoms with Gasteiger partial charge in [0.1, 0.15) is 0 Å². The number of imidazole rings is 1. The van der Waals surface area contributed by atoms with Gasteiger partial charge in [-0.15, -0.1) is 12.4 Å². The average molecular weight is 365 g/mol. The minimum atomic E-state index is -0.0622. The van der Waals surface area contributed by atoms with Crippen LogP contribution in [0.5, 0.6) is 0 Å². The summed E-state index contributed by atoms with van der Waals surface area (Å²) < 4.78 is 1.87. The number of nitrogens with one attached hydrogen (secondary N) is 3. The van der Waals surface area contributed by atoms with Crippen molar-refractivity contribution in [3.63, 3.8) is 0 Å². The van der Waals surface area contributed by atoms with Crippen LogP contribution in [0.15, 0.2) is 23.0 Å². The third kappa shape index (κ3) is 3.60. The van der Waals surface area contributed by atoms with Crippen molar-refractivity contribution in [1.82, 2.24) is 20.2 Å². The third-order valence-corrected chi connectivity index (χ3v) is 5.34. The van der Waals surface area contributed by atoms with Crippen molar-refractivity contribution < 1.29 is 4.79 Å². The first kappa shape index (κ1) is 18.0. The number of fused-ring (bicyclic) bond motifs is 1. The summed E-state index contributed by atoms with van der Waals surface area (Å²) in [6.07, 6.45) is 6.41. The molecular weight excluding hydrogens is 340 g/mol. The van der Waals surface area contributed by atoms with Gasteiger partial charge in [-0.05, 0) is 57.0 Å². The third-order valence-electron chi connectivity index (χ3n) is 5.34. The number of aromatic nitrogens is 2. The lowest BCUT2D eigenvalue weighted by Crippen LogP contribution is -2.42. The highest BCUT2D eigenvalue weighted by Gasteiger charge is 2.22. The zero-order chi connectivity index (χ0) is 16.5. The lowest BCUT2D eigenvalue weighted by atomic mass is 10.1. The number of hydrogen-bond donors (Lipinski definition) is 3. The molecule has 2 aliphatic rings. The molecule has 0 unspecified atom stereocenters. The van der Waals surface area contributed by atoms with Crippen LogP contribution in [0.2, 0.25) is 0 Å². The summed E-state index contributed by atoms with van der Waals surface area (Å²) in [7, 11) is 0. The molecule has 136 valence electrons. The van der Waals surface area contributed by atoms with Gasteiger partial charge in [-0.1, -0.05) is 12.8 Å². The first-order valence-electron chi connectivity index (χ1n) is 8.98. The van der Waals surface area contributed by atoms with Gasteiger partial charge in [-0.25, -0.2) is 4.79 Å². The molecule has 1 saturated heterocycles. The lowest BCUT2D eigenvalue weighted by molar-refractivity contribution is 0.0929. The highest BCUT2D eigenvalue weighted by atomic mass is 35.5. The van der Waals surface area contributed by atoms with Crippen molar-refractivity contribution in [2.75, 3.05) is 13.1 Å². The van der Waals surface area contributed by atoms with Crippen molar-refractivity contribution >= 4 is 29.3 Å². The molecule has 1 aliphatic carbocycles. The van der Waals surface area contributed by atoms with Crippen molar-refractivity contribution in [2.24, 2.45) is 0 Å². The molecule has 0 radical (unpaired) electrons. The summed E-state index contributed by atoms with van der Waals surface area (Å²) in [5.41, 5.74) is 2.21. The predicted octanol–water partition coefficient (Wildman–Crippen LogP) is 2.35. The van der Waals surface area contributed by atoms with Gasteiger partial charge in [0.15, 0.2) is 0 Å². The van der Waals surface area contributed by atoms with Crippen LogP contribution in [0.1, 0.15) is 54.9 Å². The normalized spacial score (nSPS) is 19.0. The quantitative estimate of drug-likeness (QED) is 0.782. The maximum atomic E-state index is 12.5. The molecule has 1 aromatic carbocycles. The largest absolute Gasteiger partial charge is 0.349 e. The molecule has 1 aliphatic heterocycles. The molecule has 2 heterocycles. The van der Waals surface area contributed by atoms with E-state index in [0.29, 0.717) is 11.6 Å². The monoisotopic (exact) mass is 364 g/mol. The molecule has 1 aromatic heterocycles. The first-order chi connectivity index (χ1) is 11.7. The number of nitrogens with zero attached hydrogens (tertiary/aromatic N) is 1. The summed E-state index contributed by atoms with van der Waals surface area (Å²) in [6.45, 7) is 1.89. The second-order valence-corrected chi connectivity index (χ2v) is 6.97. The fraction of sp³-hybridized carbons (Fsp3) is 0.556. The molecule has 6 nitrogen and oxygen atoms in total. The zero-order valence-electron chi connectivity index (χ0n) is 14.2. The maximum absolute atomic E-state index is 12.5. The SMILES string of the molecule is Cl.O=C(NC1CCNCC1)c1ccc2c(c1)[nH]c(=O)n2C1CCCC1. The smallest absolute Gasteiger partial charge is 0.326 e. The minimum absolute atomic E-state index is 0. The van der Waals surface area contributed by atoms with Gasteiger partial charge in [0.25, 0.3) is 5.91 Å². The molecule has 1 saturated carbocycles. The second kappa shape index (κ2) is 7.62. The minimum Gasteiger partial charge on any atom is -0.349 e. The van der Waals surface area contributed by atoms with Crippen LogP contribution in [0.4, 0.5) is 0 Å². The van der Waals surface area contributed by atoms with E-state index in [9.17, 15) is 9.59 Å². The number of amides is 1. The number of aromatic amines is 1. The number of rotatable bonds is 3. The molecule has 7 heteroatoms. The molecule has 0 spiro atoms. The Kier molecular flexibility index (Phi) is 5.49. The van der Waals surface area contributed by atoms with Crippen LogP contribution < -0.4 is 16.3 Å². The van der Waals surface area contributed by atoms with E-state index in [-0.39, 0.29) is 30.0 Å². The Labute approximate surface area is 152 Å². The van der Waals surface area contributed by atoms with E-state index in [4.69, 9.17) is 0 Å². The van der Waals surface area contributed by atoms with E-state index in [1.807, 2.05) is 16.7 Å². The lowest BCUT2D eigenvalue weighted by Gasteiger charge is -2.23. The van der Waals surface area contributed by atoms with Gasteiger partial charge in [0, 0.05) is 17.6 Å². The first-order valence-corrected chi connectivity index (χ1v) is 8.98. The van der Waals surface area contributed by atoms with E-state index < -0.39 is 0 Å². The van der Waals surface area contributed by atoms with Crippen LogP contribution in [-0.2, 0) is 0 Å². The molecule has 2 aromatic rings. The second-order valence-electron chi connectivity index (χ2n) is 6.97.